The van der Waals surface area contributed by atoms with Crippen molar-refractivity contribution in [1.82, 2.24) is 4.72 Å². The van der Waals surface area contributed by atoms with E-state index >= 15 is 0 Å². The molecule has 0 bridgehead atoms. The van der Waals surface area contributed by atoms with Crippen molar-refractivity contribution in [3.05, 3.63) is 28.3 Å². The van der Waals surface area contributed by atoms with E-state index in [0.29, 0.717) is 6.42 Å². The monoisotopic (exact) mass is 288 g/mol. The number of nitro groups is 1. The van der Waals surface area contributed by atoms with Gasteiger partial charge in [-0.1, -0.05) is 19.4 Å². The number of nitro benzene ring substituents is 1. The third-order valence-corrected chi connectivity index (χ3v) is 3.94. The molecule has 9 heteroatoms. The maximum atomic E-state index is 12.0. The zero-order valence-electron chi connectivity index (χ0n) is 10.4. The van der Waals surface area contributed by atoms with Crippen LogP contribution in [0.3, 0.4) is 0 Å². The summed E-state index contributed by atoms with van der Waals surface area (Å²) in [4.78, 5) is 9.82. The van der Waals surface area contributed by atoms with Crippen molar-refractivity contribution in [2.75, 3.05) is 12.0 Å². The first-order valence-electron chi connectivity index (χ1n) is 5.67. The Kier molecular flexibility index (Phi) is 5.21. The van der Waals surface area contributed by atoms with Crippen LogP contribution in [0, 0.1) is 10.1 Å². The van der Waals surface area contributed by atoms with E-state index in [-0.39, 0.29) is 12.2 Å². The molecule has 0 radical (unpaired) electrons. The third-order valence-electron chi connectivity index (χ3n) is 2.45. The molecule has 0 amide bonds. The van der Waals surface area contributed by atoms with Crippen LogP contribution in [0.5, 0.6) is 0 Å². The van der Waals surface area contributed by atoms with Crippen LogP contribution < -0.4 is 16.0 Å². The van der Waals surface area contributed by atoms with Crippen LogP contribution >= 0.6 is 0 Å². The highest BCUT2D eigenvalue weighted by molar-refractivity contribution is 7.89. The second-order valence-electron chi connectivity index (χ2n) is 3.81. The predicted molar refractivity (Wildman–Crippen MR) is 71.0 cm³/mol. The molecule has 8 nitrogen and oxygen atoms in total. The predicted octanol–water partition coefficient (Wildman–Crippen LogP) is 0.959. The first-order chi connectivity index (χ1) is 8.94. The quantitative estimate of drug-likeness (QED) is 0.297. The number of benzene rings is 1. The van der Waals surface area contributed by atoms with Gasteiger partial charge in [0.05, 0.1) is 4.92 Å². The van der Waals surface area contributed by atoms with Crippen molar-refractivity contribution in [1.29, 1.82) is 0 Å². The van der Waals surface area contributed by atoms with Gasteiger partial charge in [-0.25, -0.2) is 13.1 Å². The van der Waals surface area contributed by atoms with E-state index in [0.717, 1.165) is 6.42 Å². The molecule has 1 aromatic rings. The van der Waals surface area contributed by atoms with Gasteiger partial charge in [0.25, 0.3) is 0 Å². The minimum Gasteiger partial charge on any atom is -0.318 e. The molecule has 0 aliphatic heterocycles. The van der Waals surface area contributed by atoms with Crippen LogP contribution in [0.2, 0.25) is 0 Å². The summed E-state index contributed by atoms with van der Waals surface area (Å²) in [6.45, 7) is 2.14. The Bertz CT molecular complexity index is 559. The number of para-hydroxylation sites is 1. The molecule has 0 saturated carbocycles. The average Bonchev–Trinajstić information content (AvgIpc) is 2.37. The van der Waals surface area contributed by atoms with Crippen molar-refractivity contribution in [2.24, 2.45) is 5.84 Å². The molecule has 0 aliphatic rings. The maximum absolute atomic E-state index is 12.0. The van der Waals surface area contributed by atoms with Gasteiger partial charge in [0.2, 0.25) is 10.0 Å². The normalized spacial score (nSPS) is 11.3. The van der Waals surface area contributed by atoms with E-state index in [2.05, 4.69) is 10.1 Å². The molecule has 0 spiro atoms. The minimum atomic E-state index is -3.93. The summed E-state index contributed by atoms with van der Waals surface area (Å²) in [7, 11) is -3.93. The van der Waals surface area contributed by atoms with Crippen molar-refractivity contribution < 1.29 is 13.3 Å². The van der Waals surface area contributed by atoms with Gasteiger partial charge in [-0.2, -0.15) is 0 Å². The number of anilines is 1. The lowest BCUT2D eigenvalue weighted by atomic mass is 10.3. The highest BCUT2D eigenvalue weighted by Gasteiger charge is 2.28. The zero-order valence-corrected chi connectivity index (χ0v) is 11.2. The smallest absolute Gasteiger partial charge is 0.313 e. The zero-order chi connectivity index (χ0) is 14.5. The Morgan fingerprint density at radius 2 is 2.11 bits per heavy atom. The van der Waals surface area contributed by atoms with E-state index in [9.17, 15) is 18.5 Å². The number of nitrogen functional groups attached to an aromatic ring is 1. The number of hydrogen-bond donors (Lipinski definition) is 3. The Labute approximate surface area is 111 Å². The maximum Gasteiger partial charge on any atom is 0.313 e. The van der Waals surface area contributed by atoms with Gasteiger partial charge in [-0.3, -0.25) is 16.0 Å². The fourth-order valence-electron chi connectivity index (χ4n) is 1.51. The van der Waals surface area contributed by atoms with Gasteiger partial charge < -0.3 is 5.43 Å². The van der Waals surface area contributed by atoms with Crippen molar-refractivity contribution in [3.63, 3.8) is 0 Å². The summed E-state index contributed by atoms with van der Waals surface area (Å²) in [6, 6.07) is 3.90. The van der Waals surface area contributed by atoms with E-state index in [1.165, 1.54) is 18.2 Å². The van der Waals surface area contributed by atoms with Crippen molar-refractivity contribution in [2.45, 2.75) is 24.7 Å². The Morgan fingerprint density at radius 3 is 2.63 bits per heavy atom. The highest BCUT2D eigenvalue weighted by atomic mass is 32.2. The van der Waals surface area contributed by atoms with E-state index in [1.54, 1.807) is 0 Å². The summed E-state index contributed by atoms with van der Waals surface area (Å²) >= 11 is 0. The van der Waals surface area contributed by atoms with Crippen LogP contribution in [0.1, 0.15) is 19.8 Å². The Balaban J connectivity index is 3.22. The summed E-state index contributed by atoms with van der Waals surface area (Å²) in [5.41, 5.74) is 1.51. The molecule has 4 N–H and O–H groups in total. The van der Waals surface area contributed by atoms with E-state index in [4.69, 9.17) is 5.84 Å². The molecular formula is C10H16N4O4S. The summed E-state index contributed by atoms with van der Waals surface area (Å²) in [6.07, 6.45) is 1.47. The first kappa shape index (κ1) is 15.3. The lowest BCUT2D eigenvalue weighted by Crippen LogP contribution is -2.26. The van der Waals surface area contributed by atoms with Gasteiger partial charge in [0.1, 0.15) is 5.69 Å². The topological polar surface area (TPSA) is 127 Å². The molecule has 1 rings (SSSR count). The molecule has 19 heavy (non-hydrogen) atoms. The fourth-order valence-corrected chi connectivity index (χ4v) is 2.77. The number of hydrogen-bond acceptors (Lipinski definition) is 6. The molecule has 0 fully saturated rings. The molecule has 0 saturated heterocycles. The lowest BCUT2D eigenvalue weighted by Gasteiger charge is -2.09. The lowest BCUT2D eigenvalue weighted by molar-refractivity contribution is -0.386. The van der Waals surface area contributed by atoms with Crippen LogP contribution in [0.25, 0.3) is 0 Å². The van der Waals surface area contributed by atoms with Crippen LogP contribution in [0.4, 0.5) is 11.4 Å². The molecule has 0 aliphatic carbocycles. The molecule has 0 heterocycles. The standard InChI is InChI=1S/C10H16N4O4S/c1-2-3-7-12-19(17,18)9-6-4-5-8(13-11)10(9)14(15)16/h4-6,12-13H,2-3,7,11H2,1H3. The van der Waals surface area contributed by atoms with Gasteiger partial charge in [-0.15, -0.1) is 0 Å². The average molecular weight is 288 g/mol. The van der Waals surface area contributed by atoms with Gasteiger partial charge in [0, 0.05) is 6.54 Å². The van der Waals surface area contributed by atoms with E-state index in [1.807, 2.05) is 6.92 Å². The van der Waals surface area contributed by atoms with Crippen LogP contribution in [0.15, 0.2) is 23.1 Å². The number of rotatable bonds is 7. The number of nitrogens with one attached hydrogen (secondary N) is 2. The highest BCUT2D eigenvalue weighted by Crippen LogP contribution is 2.31. The fraction of sp³-hybridized carbons (Fsp3) is 0.400. The SMILES string of the molecule is CCCCNS(=O)(=O)c1cccc(NN)c1[N+](=O)[O-]. The molecular weight excluding hydrogens is 272 g/mol. The summed E-state index contributed by atoms with van der Waals surface area (Å²) < 4.78 is 26.4. The molecule has 0 aromatic heterocycles. The third kappa shape index (κ3) is 3.63. The number of nitrogens with zero attached hydrogens (tertiary/aromatic N) is 1. The van der Waals surface area contributed by atoms with Crippen molar-refractivity contribution in [3.8, 4) is 0 Å². The van der Waals surface area contributed by atoms with Crippen LogP contribution in [-0.4, -0.2) is 19.9 Å². The summed E-state index contributed by atoms with van der Waals surface area (Å²) in [5, 5.41) is 11.0. The molecule has 1 aromatic carbocycles. The molecule has 0 unspecified atom stereocenters. The molecule has 106 valence electrons. The number of hydrazine groups is 1. The number of nitrogens with two attached hydrogens (primary N) is 1. The van der Waals surface area contributed by atoms with Gasteiger partial charge in [0.15, 0.2) is 4.90 Å². The summed E-state index contributed by atoms with van der Waals surface area (Å²) in [5.74, 6) is 5.15. The Morgan fingerprint density at radius 1 is 1.42 bits per heavy atom. The largest absolute Gasteiger partial charge is 0.318 e. The second-order valence-corrected chi connectivity index (χ2v) is 5.54. The van der Waals surface area contributed by atoms with Crippen LogP contribution in [-0.2, 0) is 10.0 Å². The number of sulfonamides is 1. The second kappa shape index (κ2) is 6.45. The van der Waals surface area contributed by atoms with Gasteiger partial charge >= 0.3 is 5.69 Å². The van der Waals surface area contributed by atoms with E-state index < -0.39 is 25.5 Å². The molecule has 0 atom stereocenters. The van der Waals surface area contributed by atoms with Crippen molar-refractivity contribution >= 4 is 21.4 Å². The minimum absolute atomic E-state index is 0.0524. The van der Waals surface area contributed by atoms with Gasteiger partial charge in [-0.05, 0) is 18.6 Å². The number of unbranched alkanes of at least 4 members (excludes halogenated alkanes) is 1. The Hall–Kier alpha value is -1.71. The first-order valence-corrected chi connectivity index (χ1v) is 7.16.